The van der Waals surface area contributed by atoms with E-state index in [1.165, 1.54) is 6.21 Å². The number of nitrogens with one attached hydrogen (secondary N) is 2. The van der Waals surface area contributed by atoms with Crippen molar-refractivity contribution in [1.82, 2.24) is 5.43 Å². The molecule has 2 aromatic carbocycles. The Morgan fingerprint density at radius 3 is 2.67 bits per heavy atom. The quantitative estimate of drug-likeness (QED) is 0.587. The first-order chi connectivity index (χ1) is 10.2. The first-order valence-corrected chi connectivity index (χ1v) is 6.63. The maximum atomic E-state index is 11.6. The van der Waals surface area contributed by atoms with Crippen LogP contribution in [0.4, 0.5) is 5.69 Å². The number of phenols is 1. The van der Waals surface area contributed by atoms with Gasteiger partial charge in [-0.2, -0.15) is 5.10 Å². The van der Waals surface area contributed by atoms with Gasteiger partial charge < -0.3 is 10.4 Å². The number of benzene rings is 2. The molecule has 0 fully saturated rings. The molecule has 0 heterocycles. The molecule has 0 aliphatic rings. The van der Waals surface area contributed by atoms with Gasteiger partial charge in [0.25, 0.3) is 5.91 Å². The van der Waals surface area contributed by atoms with Gasteiger partial charge in [0, 0.05) is 5.56 Å². The highest BCUT2D eigenvalue weighted by atomic mass is 35.5. The Kier molecular flexibility index (Phi) is 5.17. The maximum Gasteiger partial charge on any atom is 0.259 e. The van der Waals surface area contributed by atoms with E-state index in [9.17, 15) is 9.90 Å². The smallest absolute Gasteiger partial charge is 0.259 e. The van der Waals surface area contributed by atoms with Crippen LogP contribution in [0.25, 0.3) is 0 Å². The van der Waals surface area contributed by atoms with Crippen LogP contribution >= 0.6 is 11.6 Å². The van der Waals surface area contributed by atoms with Gasteiger partial charge >= 0.3 is 0 Å². The van der Waals surface area contributed by atoms with E-state index in [0.717, 1.165) is 0 Å². The molecule has 0 unspecified atom stereocenters. The summed E-state index contributed by atoms with van der Waals surface area (Å²) < 4.78 is 0. The van der Waals surface area contributed by atoms with E-state index >= 15 is 0 Å². The highest BCUT2D eigenvalue weighted by Gasteiger charge is 2.02. The fraction of sp³-hybridized carbons (Fsp3) is 0.0667. The first-order valence-electron chi connectivity index (χ1n) is 6.25. The molecule has 21 heavy (non-hydrogen) atoms. The molecule has 1 amide bonds. The number of hydrazone groups is 1. The zero-order valence-corrected chi connectivity index (χ0v) is 11.8. The number of carbonyl (C=O) groups excluding carboxylic acids is 1. The molecule has 0 spiro atoms. The summed E-state index contributed by atoms with van der Waals surface area (Å²) in [5.41, 5.74) is 3.57. The Hall–Kier alpha value is -2.53. The minimum atomic E-state index is -0.318. The average Bonchev–Trinajstić information content (AvgIpc) is 2.48. The zero-order valence-electron chi connectivity index (χ0n) is 11.1. The van der Waals surface area contributed by atoms with Crippen molar-refractivity contribution in [2.45, 2.75) is 0 Å². The number of aromatic hydroxyl groups is 1. The lowest BCUT2D eigenvalue weighted by Crippen LogP contribution is -2.25. The molecular formula is C15H14ClN3O2. The Morgan fingerprint density at radius 1 is 1.19 bits per heavy atom. The lowest BCUT2D eigenvalue weighted by Gasteiger charge is -2.06. The van der Waals surface area contributed by atoms with Crippen molar-refractivity contribution in [2.75, 3.05) is 11.9 Å². The highest BCUT2D eigenvalue weighted by molar-refractivity contribution is 6.33. The fourth-order valence-corrected chi connectivity index (χ4v) is 1.79. The number of amides is 1. The van der Waals surface area contributed by atoms with E-state index in [-0.39, 0.29) is 18.2 Å². The predicted molar refractivity (Wildman–Crippen MR) is 83.8 cm³/mol. The molecule has 0 radical (unpaired) electrons. The van der Waals surface area contributed by atoms with Crippen molar-refractivity contribution < 1.29 is 9.90 Å². The summed E-state index contributed by atoms with van der Waals surface area (Å²) in [6.07, 6.45) is 1.38. The third-order valence-electron chi connectivity index (χ3n) is 2.64. The van der Waals surface area contributed by atoms with E-state index < -0.39 is 0 Å². The Labute approximate surface area is 127 Å². The number of para-hydroxylation sites is 2. The van der Waals surface area contributed by atoms with Gasteiger partial charge in [-0.1, -0.05) is 35.9 Å². The molecule has 0 aliphatic carbocycles. The molecule has 0 saturated heterocycles. The van der Waals surface area contributed by atoms with Gasteiger partial charge in [0.2, 0.25) is 0 Å². The second kappa shape index (κ2) is 7.31. The van der Waals surface area contributed by atoms with Crippen LogP contribution in [0.5, 0.6) is 5.75 Å². The normalized spacial score (nSPS) is 10.5. The summed E-state index contributed by atoms with van der Waals surface area (Å²) in [6, 6.07) is 13.8. The lowest BCUT2D eigenvalue weighted by molar-refractivity contribution is -0.119. The average molecular weight is 304 g/mol. The van der Waals surface area contributed by atoms with E-state index in [4.69, 9.17) is 11.6 Å². The van der Waals surface area contributed by atoms with Crippen molar-refractivity contribution in [2.24, 2.45) is 5.10 Å². The topological polar surface area (TPSA) is 73.7 Å². The molecule has 0 atom stereocenters. The van der Waals surface area contributed by atoms with Crippen LogP contribution in [0, 0.1) is 0 Å². The van der Waals surface area contributed by atoms with Crippen LogP contribution in [0.15, 0.2) is 53.6 Å². The van der Waals surface area contributed by atoms with Crippen molar-refractivity contribution in [3.05, 3.63) is 59.1 Å². The molecular weight excluding hydrogens is 290 g/mol. The van der Waals surface area contributed by atoms with Gasteiger partial charge in [-0.05, 0) is 24.3 Å². The standard InChI is InChI=1S/C15H14ClN3O2/c16-12-6-2-3-7-13(12)17-10-15(21)19-18-9-11-5-1-4-8-14(11)20/h1-9,17,20H,10H2,(H,19,21)/b18-9-. The molecule has 5 nitrogen and oxygen atoms in total. The number of rotatable bonds is 5. The number of halogens is 1. The summed E-state index contributed by atoms with van der Waals surface area (Å²) >= 11 is 5.96. The minimum Gasteiger partial charge on any atom is -0.507 e. The second-order valence-corrected chi connectivity index (χ2v) is 4.59. The van der Waals surface area contributed by atoms with Crippen molar-refractivity contribution in [1.29, 1.82) is 0 Å². The molecule has 6 heteroatoms. The molecule has 3 N–H and O–H groups in total. The van der Waals surface area contributed by atoms with Crippen molar-refractivity contribution in [3.63, 3.8) is 0 Å². The molecule has 0 aliphatic heterocycles. The summed E-state index contributed by atoms with van der Waals surface area (Å²) in [5, 5.41) is 16.8. The molecule has 0 aromatic heterocycles. The van der Waals surface area contributed by atoms with Crippen LogP contribution in [0.3, 0.4) is 0 Å². The van der Waals surface area contributed by atoms with Crippen LogP contribution in [0.2, 0.25) is 5.02 Å². The SMILES string of the molecule is O=C(CNc1ccccc1Cl)N/N=C\c1ccccc1O. The monoisotopic (exact) mass is 303 g/mol. The highest BCUT2D eigenvalue weighted by Crippen LogP contribution is 2.19. The van der Waals surface area contributed by atoms with Crippen LogP contribution in [0.1, 0.15) is 5.56 Å². The largest absolute Gasteiger partial charge is 0.507 e. The number of hydrogen-bond donors (Lipinski definition) is 3. The summed E-state index contributed by atoms with van der Waals surface area (Å²) in [7, 11) is 0. The Balaban J connectivity index is 1.83. The summed E-state index contributed by atoms with van der Waals surface area (Å²) in [5.74, 6) is -0.216. The number of nitrogens with zero attached hydrogens (tertiary/aromatic N) is 1. The number of hydrogen-bond acceptors (Lipinski definition) is 4. The second-order valence-electron chi connectivity index (χ2n) is 4.19. The minimum absolute atomic E-state index is 0.0435. The van der Waals surface area contributed by atoms with Gasteiger partial charge in [0.15, 0.2) is 0 Å². The fourth-order valence-electron chi connectivity index (χ4n) is 1.59. The van der Waals surface area contributed by atoms with Crippen molar-refractivity contribution >= 4 is 29.4 Å². The van der Waals surface area contributed by atoms with E-state index in [1.807, 2.05) is 12.1 Å². The molecule has 108 valence electrons. The van der Waals surface area contributed by atoms with Crippen LogP contribution in [-0.2, 0) is 4.79 Å². The number of anilines is 1. The summed E-state index contributed by atoms with van der Waals surface area (Å²) in [6.45, 7) is 0.0435. The Morgan fingerprint density at radius 2 is 1.90 bits per heavy atom. The van der Waals surface area contributed by atoms with E-state index in [2.05, 4.69) is 15.8 Å². The van der Waals surface area contributed by atoms with Gasteiger partial charge in [-0.3, -0.25) is 4.79 Å². The van der Waals surface area contributed by atoms with Crippen LogP contribution in [-0.4, -0.2) is 23.8 Å². The first kappa shape index (κ1) is 14.9. The Bertz CT molecular complexity index is 659. The third kappa shape index (κ3) is 4.50. The molecule has 2 aromatic rings. The van der Waals surface area contributed by atoms with Gasteiger partial charge in [-0.25, -0.2) is 5.43 Å². The molecule has 0 saturated carbocycles. The molecule has 0 bridgehead atoms. The lowest BCUT2D eigenvalue weighted by atomic mass is 10.2. The van der Waals surface area contributed by atoms with E-state index in [0.29, 0.717) is 16.3 Å². The maximum absolute atomic E-state index is 11.6. The predicted octanol–water partition coefficient (Wildman–Crippen LogP) is 2.61. The van der Waals surface area contributed by atoms with Crippen molar-refractivity contribution in [3.8, 4) is 5.75 Å². The number of carbonyl (C=O) groups is 1. The van der Waals surface area contributed by atoms with Gasteiger partial charge in [0.1, 0.15) is 5.75 Å². The third-order valence-corrected chi connectivity index (χ3v) is 2.97. The van der Waals surface area contributed by atoms with Gasteiger partial charge in [0.05, 0.1) is 23.5 Å². The van der Waals surface area contributed by atoms with E-state index in [1.54, 1.807) is 36.4 Å². The number of phenolic OH excluding ortho intramolecular Hbond substituents is 1. The molecule has 2 rings (SSSR count). The van der Waals surface area contributed by atoms with Gasteiger partial charge in [-0.15, -0.1) is 0 Å². The van der Waals surface area contributed by atoms with Crippen LogP contribution < -0.4 is 10.7 Å². The summed E-state index contributed by atoms with van der Waals surface area (Å²) in [4.78, 5) is 11.6. The zero-order chi connectivity index (χ0) is 15.1.